The Morgan fingerprint density at radius 3 is 2.90 bits per heavy atom. The van der Waals surface area contributed by atoms with Crippen LogP contribution in [-0.2, 0) is 6.42 Å². The number of aromatic nitrogens is 5. The Balaban J connectivity index is 1.24. The fraction of sp³-hybridized carbons (Fsp3) is 0.391. The predicted octanol–water partition coefficient (Wildman–Crippen LogP) is 4.55. The van der Waals surface area contributed by atoms with Crippen LogP contribution < -0.4 is 5.32 Å². The van der Waals surface area contributed by atoms with E-state index in [-0.39, 0.29) is 0 Å². The van der Waals surface area contributed by atoms with Gasteiger partial charge in [-0.05, 0) is 67.3 Å². The van der Waals surface area contributed by atoms with Gasteiger partial charge in [0.1, 0.15) is 17.5 Å². The minimum absolute atomic E-state index is 0.451. The van der Waals surface area contributed by atoms with E-state index in [1.807, 2.05) is 6.20 Å². The van der Waals surface area contributed by atoms with Crippen molar-refractivity contribution in [1.29, 1.82) is 5.41 Å². The van der Waals surface area contributed by atoms with Crippen LogP contribution in [-0.4, -0.2) is 37.6 Å². The lowest BCUT2D eigenvalue weighted by molar-refractivity contribution is 0.336. The summed E-state index contributed by atoms with van der Waals surface area (Å²) in [6.07, 6.45) is 10.7. The highest BCUT2D eigenvalue weighted by Gasteiger charge is 2.26. The molecule has 5 rings (SSSR count). The van der Waals surface area contributed by atoms with Gasteiger partial charge in [0.25, 0.3) is 0 Å². The average Bonchev–Trinajstić information content (AvgIpc) is 3.44. The van der Waals surface area contributed by atoms with E-state index < -0.39 is 0 Å². The first kappa shape index (κ1) is 18.8. The molecule has 0 radical (unpaired) electrons. The van der Waals surface area contributed by atoms with Gasteiger partial charge in [-0.2, -0.15) is 0 Å². The van der Waals surface area contributed by atoms with E-state index in [4.69, 9.17) is 5.41 Å². The fourth-order valence-corrected chi connectivity index (χ4v) is 4.76. The Hall–Kier alpha value is -3.22. The molecular weight excluding hydrogens is 374 g/mol. The number of aryl methyl sites for hydroxylation is 1. The molecule has 4 aromatic rings. The minimum atomic E-state index is 0.451. The van der Waals surface area contributed by atoms with Crippen molar-refractivity contribution in [3.05, 3.63) is 53.6 Å². The molecule has 3 heterocycles. The molecule has 30 heavy (non-hydrogen) atoms. The molecular formula is C23H27N7. The Bertz CT molecular complexity index is 1180. The summed E-state index contributed by atoms with van der Waals surface area (Å²) in [4.78, 5) is 7.58. The van der Waals surface area contributed by atoms with Crippen LogP contribution in [0.1, 0.15) is 55.3 Å². The van der Waals surface area contributed by atoms with E-state index in [0.717, 1.165) is 59.3 Å². The monoisotopic (exact) mass is 401 g/mol. The summed E-state index contributed by atoms with van der Waals surface area (Å²) in [5.41, 5.74) is 6.44. The number of rotatable bonds is 6. The maximum Gasteiger partial charge on any atom is 0.141 e. The molecule has 3 aromatic heterocycles. The van der Waals surface area contributed by atoms with Gasteiger partial charge in [0.15, 0.2) is 0 Å². The van der Waals surface area contributed by atoms with Crippen LogP contribution in [0.2, 0.25) is 0 Å². The second kappa shape index (κ2) is 7.89. The second-order valence-electron chi connectivity index (χ2n) is 8.26. The molecule has 1 fully saturated rings. The first-order valence-electron chi connectivity index (χ1n) is 10.8. The molecule has 3 N–H and O–H groups in total. The molecule has 0 aliphatic heterocycles. The normalized spacial score (nSPS) is 19.4. The lowest BCUT2D eigenvalue weighted by atomic mass is 9.80. The molecule has 7 heteroatoms. The number of nitrogens with one attached hydrogen (secondary N) is 3. The summed E-state index contributed by atoms with van der Waals surface area (Å²) in [7, 11) is 0. The largest absolute Gasteiger partial charge is 0.385 e. The number of hydrogen-bond acceptors (Lipinski definition) is 5. The SMILES string of the molecule is CCc1ccc(NCC2CCC(c3nnn4cnc5[nH]ccc5c34)CC2)cc1C=N. The van der Waals surface area contributed by atoms with Crippen LogP contribution >= 0.6 is 0 Å². The maximum absolute atomic E-state index is 7.63. The van der Waals surface area contributed by atoms with Gasteiger partial charge in [-0.15, -0.1) is 5.10 Å². The number of anilines is 1. The van der Waals surface area contributed by atoms with Crippen LogP contribution in [0.4, 0.5) is 5.69 Å². The Labute approximate surface area is 175 Å². The number of benzene rings is 1. The summed E-state index contributed by atoms with van der Waals surface area (Å²) >= 11 is 0. The third-order valence-electron chi connectivity index (χ3n) is 6.51. The quantitative estimate of drug-likeness (QED) is 0.413. The Morgan fingerprint density at radius 1 is 1.23 bits per heavy atom. The van der Waals surface area contributed by atoms with E-state index in [9.17, 15) is 0 Å². The summed E-state index contributed by atoms with van der Waals surface area (Å²) in [5, 5.41) is 21.2. The summed E-state index contributed by atoms with van der Waals surface area (Å²) < 4.78 is 1.81. The zero-order chi connectivity index (χ0) is 20.5. The van der Waals surface area contributed by atoms with Gasteiger partial charge < -0.3 is 15.7 Å². The molecule has 0 atom stereocenters. The van der Waals surface area contributed by atoms with Gasteiger partial charge in [-0.1, -0.05) is 18.2 Å². The lowest BCUT2D eigenvalue weighted by Gasteiger charge is -2.28. The van der Waals surface area contributed by atoms with Crippen molar-refractivity contribution in [3.8, 4) is 0 Å². The van der Waals surface area contributed by atoms with E-state index in [1.165, 1.54) is 24.6 Å². The van der Waals surface area contributed by atoms with E-state index in [1.54, 1.807) is 10.8 Å². The third-order valence-corrected chi connectivity index (χ3v) is 6.51. The van der Waals surface area contributed by atoms with Gasteiger partial charge in [0.05, 0.1) is 5.69 Å². The van der Waals surface area contributed by atoms with Gasteiger partial charge in [-0.3, -0.25) is 0 Å². The molecule has 0 amide bonds. The van der Waals surface area contributed by atoms with Crippen LogP contribution in [0.5, 0.6) is 0 Å². The van der Waals surface area contributed by atoms with Crippen molar-refractivity contribution >= 4 is 28.5 Å². The number of hydrogen-bond donors (Lipinski definition) is 3. The van der Waals surface area contributed by atoms with E-state index in [0.29, 0.717) is 11.8 Å². The molecule has 0 bridgehead atoms. The smallest absolute Gasteiger partial charge is 0.141 e. The van der Waals surface area contributed by atoms with Gasteiger partial charge >= 0.3 is 0 Å². The number of fused-ring (bicyclic) bond motifs is 3. The van der Waals surface area contributed by atoms with Crippen LogP contribution in [0.3, 0.4) is 0 Å². The Morgan fingerprint density at radius 2 is 2.10 bits per heavy atom. The van der Waals surface area contributed by atoms with Gasteiger partial charge in [0, 0.05) is 35.9 Å². The van der Waals surface area contributed by atoms with Gasteiger partial charge in [-0.25, -0.2) is 9.50 Å². The highest BCUT2D eigenvalue weighted by molar-refractivity contribution is 5.92. The summed E-state index contributed by atoms with van der Waals surface area (Å²) in [5.74, 6) is 1.11. The van der Waals surface area contributed by atoms with Crippen LogP contribution in [0.25, 0.3) is 16.6 Å². The zero-order valence-corrected chi connectivity index (χ0v) is 17.2. The molecule has 1 aliphatic carbocycles. The lowest BCUT2D eigenvalue weighted by Crippen LogP contribution is -2.21. The van der Waals surface area contributed by atoms with Crippen molar-refractivity contribution in [3.63, 3.8) is 0 Å². The number of H-pyrrole nitrogens is 1. The topological polar surface area (TPSA) is 94.8 Å². The maximum atomic E-state index is 7.63. The molecule has 1 aliphatic rings. The Kier molecular flexibility index (Phi) is 4.94. The van der Waals surface area contributed by atoms with E-state index >= 15 is 0 Å². The molecule has 1 aromatic carbocycles. The first-order chi connectivity index (χ1) is 14.8. The molecule has 0 unspecified atom stereocenters. The van der Waals surface area contributed by atoms with Crippen molar-refractivity contribution in [2.45, 2.75) is 44.9 Å². The van der Waals surface area contributed by atoms with Crippen molar-refractivity contribution in [2.75, 3.05) is 11.9 Å². The zero-order valence-electron chi connectivity index (χ0n) is 17.2. The highest BCUT2D eigenvalue weighted by Crippen LogP contribution is 2.37. The van der Waals surface area contributed by atoms with E-state index in [2.05, 4.69) is 56.8 Å². The van der Waals surface area contributed by atoms with Gasteiger partial charge in [0.2, 0.25) is 0 Å². The summed E-state index contributed by atoms with van der Waals surface area (Å²) in [6, 6.07) is 8.42. The number of aromatic amines is 1. The predicted molar refractivity (Wildman–Crippen MR) is 120 cm³/mol. The molecule has 0 saturated heterocycles. The highest BCUT2D eigenvalue weighted by atomic mass is 15.4. The molecule has 154 valence electrons. The van der Waals surface area contributed by atoms with Crippen LogP contribution in [0.15, 0.2) is 36.8 Å². The number of nitrogens with zero attached hydrogens (tertiary/aromatic N) is 4. The standard InChI is InChI=1S/C23H27N7/c1-2-16-7-8-19(11-18(16)12-24)26-13-15-3-5-17(6-4-15)21-22-20-9-10-25-23(20)27-14-30(22)29-28-21/h7-12,14-15,17,24-26H,2-6,13H2,1H3. The summed E-state index contributed by atoms with van der Waals surface area (Å²) in [6.45, 7) is 3.11. The minimum Gasteiger partial charge on any atom is -0.385 e. The fourth-order valence-electron chi connectivity index (χ4n) is 4.76. The molecule has 7 nitrogen and oxygen atoms in total. The average molecular weight is 402 g/mol. The van der Waals surface area contributed by atoms with Crippen molar-refractivity contribution < 1.29 is 0 Å². The second-order valence-corrected chi connectivity index (χ2v) is 8.26. The molecule has 1 saturated carbocycles. The van der Waals surface area contributed by atoms with Crippen molar-refractivity contribution in [2.24, 2.45) is 5.92 Å². The van der Waals surface area contributed by atoms with Crippen LogP contribution in [0, 0.1) is 11.3 Å². The first-order valence-corrected chi connectivity index (χ1v) is 10.8. The molecule has 0 spiro atoms. The van der Waals surface area contributed by atoms with Crippen molar-refractivity contribution in [1.82, 2.24) is 24.8 Å². The third kappa shape index (κ3) is 3.34.